The molecule has 34 heavy (non-hydrogen) atoms. The lowest BCUT2D eigenvalue weighted by molar-refractivity contribution is -0.149. The van der Waals surface area contributed by atoms with Crippen LogP contribution in [-0.2, 0) is 14.3 Å². The first kappa shape index (κ1) is 23.7. The predicted molar refractivity (Wildman–Crippen MR) is 120 cm³/mol. The highest BCUT2D eigenvalue weighted by atomic mass is 19.3. The number of hydrogen-bond acceptors (Lipinski definition) is 4. The van der Waals surface area contributed by atoms with Crippen LogP contribution in [0.1, 0.15) is 37.3 Å². The average Bonchev–Trinajstić information content (AvgIpc) is 3.30. The first-order chi connectivity index (χ1) is 16.1. The number of nitrogens with one attached hydrogen (secondary N) is 1. The molecule has 2 aliphatic rings. The number of alkyl carbamates (subject to hydrolysis) is 1. The van der Waals surface area contributed by atoms with Gasteiger partial charge < -0.3 is 20.1 Å². The van der Waals surface area contributed by atoms with E-state index in [1.807, 2.05) is 48.5 Å². The zero-order valence-electron chi connectivity index (χ0n) is 18.8. The molecule has 7 nitrogen and oxygen atoms in total. The topological polar surface area (TPSA) is 95.9 Å². The van der Waals surface area contributed by atoms with Crippen molar-refractivity contribution in [1.82, 2.24) is 10.2 Å². The van der Waals surface area contributed by atoms with Gasteiger partial charge in [0.15, 0.2) is 0 Å². The van der Waals surface area contributed by atoms with E-state index in [1.54, 1.807) is 13.8 Å². The van der Waals surface area contributed by atoms with Crippen LogP contribution in [0.3, 0.4) is 0 Å². The molecule has 2 unspecified atom stereocenters. The number of carbonyl (C=O) groups excluding carboxylic acids is 2. The molecule has 0 radical (unpaired) electrons. The molecule has 2 amide bonds. The highest BCUT2D eigenvalue weighted by Gasteiger charge is 2.51. The van der Waals surface area contributed by atoms with Crippen LogP contribution in [0.15, 0.2) is 48.5 Å². The molecule has 0 bridgehead atoms. The second kappa shape index (κ2) is 9.04. The number of carboxylic acids is 1. The summed E-state index contributed by atoms with van der Waals surface area (Å²) in [5.74, 6) is -6.33. The fraction of sp³-hybridized carbons (Fsp3) is 0.400. The molecule has 1 heterocycles. The fourth-order valence-electron chi connectivity index (χ4n) is 4.73. The number of carboxylic acid groups (broad SMARTS) is 1. The first-order valence-electron chi connectivity index (χ1n) is 11.1. The maximum absolute atomic E-state index is 13.9. The molecule has 1 aliphatic carbocycles. The third-order valence-electron chi connectivity index (χ3n) is 6.39. The average molecular weight is 472 g/mol. The summed E-state index contributed by atoms with van der Waals surface area (Å²) in [6.07, 6.45) is -1.82. The molecule has 2 aromatic rings. The molecule has 180 valence electrons. The number of benzene rings is 2. The molecule has 1 saturated heterocycles. The summed E-state index contributed by atoms with van der Waals surface area (Å²) in [6.45, 7) is 2.30. The van der Waals surface area contributed by atoms with E-state index in [0.29, 0.717) is 4.90 Å². The Balaban J connectivity index is 1.45. The summed E-state index contributed by atoms with van der Waals surface area (Å²) in [4.78, 5) is 37.7. The highest BCUT2D eigenvalue weighted by Crippen LogP contribution is 2.44. The maximum Gasteiger partial charge on any atom is 0.407 e. The molecule has 9 heteroatoms. The monoisotopic (exact) mass is 472 g/mol. The van der Waals surface area contributed by atoms with Gasteiger partial charge in [0, 0.05) is 12.3 Å². The molecule has 0 aromatic heterocycles. The number of rotatable bonds is 6. The number of nitrogens with zero attached hydrogens (tertiary/aromatic N) is 1. The van der Waals surface area contributed by atoms with Crippen LogP contribution in [0.5, 0.6) is 0 Å². The standard InChI is InChI=1S/C25H26F2N2O5/c1-14(2)21(22(30)29-13-25(26,27)11-20(29)23(31)32)28-24(33)34-12-19-17-9-5-3-7-15(17)16-8-4-6-10-18(16)19/h3-10,14,19-21H,11-13H2,1-2H3,(H,28,33)(H,31,32). The summed E-state index contributed by atoms with van der Waals surface area (Å²) in [7, 11) is 0. The van der Waals surface area contributed by atoms with Crippen molar-refractivity contribution in [2.75, 3.05) is 13.2 Å². The van der Waals surface area contributed by atoms with Gasteiger partial charge in [0.25, 0.3) is 5.92 Å². The van der Waals surface area contributed by atoms with Crippen molar-refractivity contribution in [2.45, 2.75) is 44.2 Å². The van der Waals surface area contributed by atoms with Gasteiger partial charge in [0.1, 0.15) is 18.7 Å². The smallest absolute Gasteiger partial charge is 0.407 e. The number of aliphatic carboxylic acids is 1. The summed E-state index contributed by atoms with van der Waals surface area (Å²) >= 11 is 0. The minimum absolute atomic E-state index is 0.0262. The normalized spacial score (nSPS) is 19.4. The van der Waals surface area contributed by atoms with Crippen molar-refractivity contribution in [1.29, 1.82) is 0 Å². The number of amides is 2. The van der Waals surface area contributed by atoms with E-state index in [1.165, 1.54) is 0 Å². The molecule has 1 aliphatic heterocycles. The minimum atomic E-state index is -3.30. The van der Waals surface area contributed by atoms with Crippen molar-refractivity contribution in [2.24, 2.45) is 5.92 Å². The zero-order chi connectivity index (χ0) is 24.6. The summed E-state index contributed by atoms with van der Waals surface area (Å²) in [6, 6.07) is 12.8. The Morgan fingerprint density at radius 3 is 2.18 bits per heavy atom. The predicted octanol–water partition coefficient (Wildman–Crippen LogP) is 3.87. The zero-order valence-corrected chi connectivity index (χ0v) is 18.8. The largest absolute Gasteiger partial charge is 0.480 e. The van der Waals surface area contributed by atoms with Gasteiger partial charge in [-0.1, -0.05) is 62.4 Å². The molecule has 0 saturated carbocycles. The van der Waals surface area contributed by atoms with E-state index in [0.717, 1.165) is 22.3 Å². The number of ether oxygens (including phenoxy) is 1. The van der Waals surface area contributed by atoms with E-state index in [2.05, 4.69) is 5.32 Å². The van der Waals surface area contributed by atoms with Crippen molar-refractivity contribution in [3.63, 3.8) is 0 Å². The van der Waals surface area contributed by atoms with Gasteiger partial charge in [0.05, 0.1) is 6.54 Å². The van der Waals surface area contributed by atoms with Gasteiger partial charge in [-0.25, -0.2) is 18.4 Å². The maximum atomic E-state index is 13.9. The Hall–Kier alpha value is -3.49. The molecule has 0 spiro atoms. The van der Waals surface area contributed by atoms with E-state index < -0.39 is 54.9 Å². The minimum Gasteiger partial charge on any atom is -0.480 e. The lowest BCUT2D eigenvalue weighted by Crippen LogP contribution is -2.54. The Morgan fingerprint density at radius 2 is 1.65 bits per heavy atom. The second-order valence-corrected chi connectivity index (χ2v) is 9.07. The van der Waals surface area contributed by atoms with Gasteiger partial charge >= 0.3 is 12.1 Å². The summed E-state index contributed by atoms with van der Waals surface area (Å²) in [5, 5.41) is 11.8. The van der Waals surface area contributed by atoms with Gasteiger partial charge in [0.2, 0.25) is 5.91 Å². The molecule has 2 atom stereocenters. The van der Waals surface area contributed by atoms with Crippen LogP contribution in [0, 0.1) is 5.92 Å². The Kier molecular flexibility index (Phi) is 6.29. The Bertz CT molecular complexity index is 1070. The SMILES string of the molecule is CC(C)C(NC(=O)OCC1c2ccccc2-c2ccccc21)C(=O)N1CC(F)(F)CC1C(=O)O. The third kappa shape index (κ3) is 4.47. The lowest BCUT2D eigenvalue weighted by Gasteiger charge is -2.29. The van der Waals surface area contributed by atoms with E-state index in [-0.39, 0.29) is 12.5 Å². The van der Waals surface area contributed by atoms with E-state index >= 15 is 0 Å². The molecule has 2 aromatic carbocycles. The molecule has 4 rings (SSSR count). The van der Waals surface area contributed by atoms with Crippen molar-refractivity contribution < 1.29 is 33.0 Å². The second-order valence-electron chi connectivity index (χ2n) is 9.07. The van der Waals surface area contributed by atoms with Crippen LogP contribution in [0.25, 0.3) is 11.1 Å². The number of carbonyl (C=O) groups is 3. The van der Waals surface area contributed by atoms with Crippen LogP contribution in [-0.4, -0.2) is 59.1 Å². The molecule has 2 N–H and O–H groups in total. The van der Waals surface area contributed by atoms with Crippen molar-refractivity contribution in [3.8, 4) is 11.1 Å². The van der Waals surface area contributed by atoms with E-state index in [9.17, 15) is 28.3 Å². The highest BCUT2D eigenvalue weighted by molar-refractivity contribution is 5.90. The van der Waals surface area contributed by atoms with Gasteiger partial charge in [-0.3, -0.25) is 4.79 Å². The number of fused-ring (bicyclic) bond motifs is 3. The quantitative estimate of drug-likeness (QED) is 0.666. The number of likely N-dealkylation sites (tertiary alicyclic amines) is 1. The molecule has 1 fully saturated rings. The number of halogens is 2. The van der Waals surface area contributed by atoms with Crippen LogP contribution < -0.4 is 5.32 Å². The number of alkyl halides is 2. The van der Waals surface area contributed by atoms with Gasteiger partial charge in [-0.15, -0.1) is 0 Å². The lowest BCUT2D eigenvalue weighted by atomic mass is 9.98. The summed E-state index contributed by atoms with van der Waals surface area (Å²) in [5.41, 5.74) is 4.18. The Morgan fingerprint density at radius 1 is 1.09 bits per heavy atom. The van der Waals surface area contributed by atoms with Crippen LogP contribution in [0.4, 0.5) is 13.6 Å². The fourth-order valence-corrected chi connectivity index (χ4v) is 4.73. The van der Waals surface area contributed by atoms with E-state index in [4.69, 9.17) is 4.74 Å². The van der Waals surface area contributed by atoms with Gasteiger partial charge in [-0.2, -0.15) is 0 Å². The van der Waals surface area contributed by atoms with Crippen molar-refractivity contribution >= 4 is 18.0 Å². The first-order valence-corrected chi connectivity index (χ1v) is 11.1. The third-order valence-corrected chi connectivity index (χ3v) is 6.39. The van der Waals surface area contributed by atoms with Crippen molar-refractivity contribution in [3.05, 3.63) is 59.7 Å². The molecular formula is C25H26F2N2O5. The summed E-state index contributed by atoms with van der Waals surface area (Å²) < 4.78 is 33.2. The van der Waals surface area contributed by atoms with Gasteiger partial charge in [-0.05, 0) is 28.2 Å². The van der Waals surface area contributed by atoms with Crippen LogP contribution in [0.2, 0.25) is 0 Å². The van der Waals surface area contributed by atoms with Crippen LogP contribution >= 0.6 is 0 Å². The number of hydrogen-bond donors (Lipinski definition) is 2. The Labute approximate surface area is 195 Å². The molecular weight excluding hydrogens is 446 g/mol.